The first-order valence-electron chi connectivity index (χ1n) is 5.72. The van der Waals surface area contributed by atoms with Gasteiger partial charge in [0.2, 0.25) is 10.0 Å². The topological polar surface area (TPSA) is 72.0 Å². The molecule has 0 radical (unpaired) electrons. The smallest absolute Gasteiger partial charge is 0.243 e. The third-order valence-corrected chi connectivity index (χ3v) is 3.99. The summed E-state index contributed by atoms with van der Waals surface area (Å²) in [6.07, 6.45) is 2.78. The molecule has 0 bridgehead atoms. The summed E-state index contributed by atoms with van der Waals surface area (Å²) in [6, 6.07) is 1.19. The van der Waals surface area contributed by atoms with Gasteiger partial charge in [-0.2, -0.15) is 0 Å². The minimum Gasteiger partial charge on any atom is -0.258 e. The third kappa shape index (κ3) is 3.37. The van der Waals surface area contributed by atoms with Gasteiger partial charge < -0.3 is 0 Å². The second kappa shape index (κ2) is 5.78. The van der Waals surface area contributed by atoms with Crippen molar-refractivity contribution in [3.63, 3.8) is 0 Å². The van der Waals surface area contributed by atoms with Crippen LogP contribution in [0.25, 0.3) is 0 Å². The first-order valence-corrected chi connectivity index (χ1v) is 7.20. The highest BCUT2D eigenvalue weighted by Gasteiger charge is 2.23. The Morgan fingerprint density at radius 2 is 1.81 bits per heavy atom. The minimum atomic E-state index is -4.34. The van der Waals surface area contributed by atoms with Crippen LogP contribution in [0.3, 0.4) is 0 Å². The molecule has 1 aromatic carbocycles. The second-order valence-electron chi connectivity index (χ2n) is 4.15. The normalized spacial score (nSPS) is 11.6. The minimum absolute atomic E-state index is 0.256. The summed E-state index contributed by atoms with van der Waals surface area (Å²) in [6.45, 7) is 1.45. The van der Waals surface area contributed by atoms with Crippen LogP contribution in [-0.4, -0.2) is 18.4 Å². The molecule has 0 saturated heterocycles. The lowest BCUT2D eigenvalue weighted by molar-refractivity contribution is 0.431. The number of aromatic nitrogens is 2. The molecule has 0 aliphatic rings. The van der Waals surface area contributed by atoms with Crippen LogP contribution < -0.4 is 4.72 Å². The number of benzene rings is 1. The van der Waals surface area contributed by atoms with Gasteiger partial charge in [0.15, 0.2) is 17.5 Å². The van der Waals surface area contributed by atoms with Crippen LogP contribution in [0.4, 0.5) is 13.2 Å². The van der Waals surface area contributed by atoms with Crippen LogP contribution in [0.5, 0.6) is 0 Å². The first kappa shape index (κ1) is 15.4. The second-order valence-corrected chi connectivity index (χ2v) is 5.88. The molecule has 0 amide bonds. The molecular formula is C12H10F3N3O2S. The Morgan fingerprint density at radius 3 is 2.43 bits per heavy atom. The van der Waals surface area contributed by atoms with E-state index >= 15 is 0 Å². The number of aryl methyl sites for hydroxylation is 1. The lowest BCUT2D eigenvalue weighted by Crippen LogP contribution is -2.25. The molecule has 0 unspecified atom stereocenters. The SMILES string of the molecule is Cc1cnc(CNS(=O)(=O)c2ccc(F)c(F)c2F)cn1. The lowest BCUT2D eigenvalue weighted by Gasteiger charge is -2.08. The predicted octanol–water partition coefficient (Wildman–Crippen LogP) is 1.68. The molecule has 0 saturated carbocycles. The molecule has 21 heavy (non-hydrogen) atoms. The van der Waals surface area contributed by atoms with Crippen LogP contribution in [-0.2, 0) is 16.6 Å². The van der Waals surface area contributed by atoms with E-state index in [1.807, 2.05) is 4.72 Å². The Hall–Kier alpha value is -2.00. The summed E-state index contributed by atoms with van der Waals surface area (Å²) in [7, 11) is -4.34. The van der Waals surface area contributed by atoms with Crippen molar-refractivity contribution in [3.8, 4) is 0 Å². The van der Waals surface area contributed by atoms with Crippen LogP contribution >= 0.6 is 0 Å². The van der Waals surface area contributed by atoms with E-state index in [1.165, 1.54) is 12.4 Å². The highest BCUT2D eigenvalue weighted by atomic mass is 32.2. The predicted molar refractivity (Wildman–Crippen MR) is 67.1 cm³/mol. The van der Waals surface area contributed by atoms with E-state index in [0.717, 1.165) is 0 Å². The maximum Gasteiger partial charge on any atom is 0.243 e. The van der Waals surface area contributed by atoms with Crippen molar-refractivity contribution < 1.29 is 21.6 Å². The molecule has 2 aromatic rings. The molecule has 1 aromatic heterocycles. The Morgan fingerprint density at radius 1 is 1.10 bits per heavy atom. The van der Waals surface area contributed by atoms with Crippen molar-refractivity contribution in [2.45, 2.75) is 18.4 Å². The summed E-state index contributed by atoms with van der Waals surface area (Å²) in [5, 5.41) is 0. The quantitative estimate of drug-likeness (QED) is 0.871. The van der Waals surface area contributed by atoms with E-state index in [2.05, 4.69) is 9.97 Å². The molecule has 1 N–H and O–H groups in total. The molecule has 0 aliphatic heterocycles. The van der Waals surface area contributed by atoms with Crippen molar-refractivity contribution >= 4 is 10.0 Å². The third-order valence-electron chi connectivity index (χ3n) is 2.57. The molecule has 1 heterocycles. The number of hydrogen-bond donors (Lipinski definition) is 1. The van der Waals surface area contributed by atoms with Gasteiger partial charge in [0, 0.05) is 6.20 Å². The molecule has 0 atom stereocenters. The van der Waals surface area contributed by atoms with E-state index in [0.29, 0.717) is 23.5 Å². The zero-order valence-corrected chi connectivity index (χ0v) is 11.6. The molecule has 112 valence electrons. The fraction of sp³-hybridized carbons (Fsp3) is 0.167. The van der Waals surface area contributed by atoms with Crippen LogP contribution in [0.2, 0.25) is 0 Å². The van der Waals surface area contributed by atoms with E-state index in [1.54, 1.807) is 6.92 Å². The number of rotatable bonds is 4. The van der Waals surface area contributed by atoms with E-state index in [-0.39, 0.29) is 6.54 Å². The van der Waals surface area contributed by atoms with Crippen molar-refractivity contribution in [2.75, 3.05) is 0 Å². The van der Waals surface area contributed by atoms with Gasteiger partial charge in [0.25, 0.3) is 0 Å². The molecule has 2 rings (SSSR count). The molecule has 0 aliphatic carbocycles. The number of nitrogens with zero attached hydrogens (tertiary/aromatic N) is 2. The lowest BCUT2D eigenvalue weighted by atomic mass is 10.3. The first-order chi connectivity index (χ1) is 9.81. The van der Waals surface area contributed by atoms with Crippen molar-refractivity contribution in [1.29, 1.82) is 0 Å². The van der Waals surface area contributed by atoms with Crippen LogP contribution in [0.15, 0.2) is 29.4 Å². The Labute approximate surface area is 118 Å². The van der Waals surface area contributed by atoms with Gasteiger partial charge in [-0.25, -0.2) is 26.3 Å². The zero-order valence-electron chi connectivity index (χ0n) is 10.8. The van der Waals surface area contributed by atoms with Gasteiger partial charge >= 0.3 is 0 Å². The Balaban J connectivity index is 2.23. The molecule has 9 heteroatoms. The highest BCUT2D eigenvalue weighted by Crippen LogP contribution is 2.19. The standard InChI is InChI=1S/C12H10F3N3O2S/c1-7-4-17-8(5-16-7)6-18-21(19,20)10-3-2-9(13)11(14)12(10)15/h2-5,18H,6H2,1H3. The number of nitrogens with one attached hydrogen (secondary N) is 1. The van der Waals surface area contributed by atoms with E-state index in [4.69, 9.17) is 0 Å². The fourth-order valence-electron chi connectivity index (χ4n) is 1.47. The van der Waals surface area contributed by atoms with Gasteiger partial charge in [-0.1, -0.05) is 0 Å². The summed E-state index contributed by atoms with van der Waals surface area (Å²) in [4.78, 5) is 6.86. The molecule has 0 spiro atoms. The van der Waals surface area contributed by atoms with Gasteiger partial charge in [0.05, 0.1) is 24.1 Å². The molecule has 5 nitrogen and oxygen atoms in total. The highest BCUT2D eigenvalue weighted by molar-refractivity contribution is 7.89. The van der Waals surface area contributed by atoms with Gasteiger partial charge in [-0.3, -0.25) is 9.97 Å². The average Bonchev–Trinajstić information content (AvgIpc) is 2.44. The van der Waals surface area contributed by atoms with Crippen LogP contribution in [0, 0.1) is 24.4 Å². The Kier molecular flexibility index (Phi) is 4.24. The molecular weight excluding hydrogens is 307 g/mol. The van der Waals surface area contributed by atoms with Gasteiger partial charge in [0.1, 0.15) is 4.90 Å². The Bertz CT molecular complexity index is 764. The van der Waals surface area contributed by atoms with Crippen molar-refractivity contribution in [3.05, 3.63) is 53.4 Å². The van der Waals surface area contributed by atoms with Crippen molar-refractivity contribution in [2.24, 2.45) is 0 Å². The average molecular weight is 317 g/mol. The van der Waals surface area contributed by atoms with Crippen LogP contribution in [0.1, 0.15) is 11.4 Å². The zero-order chi connectivity index (χ0) is 15.6. The van der Waals surface area contributed by atoms with Gasteiger partial charge in [-0.15, -0.1) is 0 Å². The number of halogens is 3. The largest absolute Gasteiger partial charge is 0.258 e. The monoisotopic (exact) mass is 317 g/mol. The molecule has 0 fully saturated rings. The maximum absolute atomic E-state index is 13.5. The summed E-state index contributed by atoms with van der Waals surface area (Å²) in [5.41, 5.74) is 0.945. The number of sulfonamides is 1. The maximum atomic E-state index is 13.5. The summed E-state index contributed by atoms with van der Waals surface area (Å²) >= 11 is 0. The van der Waals surface area contributed by atoms with E-state index in [9.17, 15) is 21.6 Å². The summed E-state index contributed by atoms with van der Waals surface area (Å²) in [5.74, 6) is -5.07. The van der Waals surface area contributed by atoms with E-state index < -0.39 is 32.4 Å². The fourth-order valence-corrected chi connectivity index (χ4v) is 2.54. The van der Waals surface area contributed by atoms with Gasteiger partial charge in [-0.05, 0) is 19.1 Å². The van der Waals surface area contributed by atoms with Crippen molar-refractivity contribution in [1.82, 2.24) is 14.7 Å². The summed E-state index contributed by atoms with van der Waals surface area (Å²) < 4.78 is 65.1. The number of hydrogen-bond acceptors (Lipinski definition) is 4.